The molecule has 0 N–H and O–H groups in total. The number of hydrogen-bond donors (Lipinski definition) is 0. The number of nitrogens with zero attached hydrogens (tertiary/aromatic N) is 1. The number of carbonyl (C=O) groups is 2. The summed E-state index contributed by atoms with van der Waals surface area (Å²) in [6.07, 6.45) is 0.739. The Morgan fingerprint density at radius 3 is 2.78 bits per heavy atom. The van der Waals surface area contributed by atoms with Crippen LogP contribution in [0.1, 0.15) is 57.1 Å². The van der Waals surface area contributed by atoms with Crippen LogP contribution in [0.4, 0.5) is 5.69 Å². The summed E-state index contributed by atoms with van der Waals surface area (Å²) in [5.41, 5.74) is 2.82. The Morgan fingerprint density at radius 2 is 2.04 bits per heavy atom. The Bertz CT molecular complexity index is 861. The fourth-order valence-corrected chi connectivity index (χ4v) is 3.95. The fourth-order valence-electron chi connectivity index (χ4n) is 3.77. The summed E-state index contributed by atoms with van der Waals surface area (Å²) in [6, 6.07) is 10.3. The Balaban J connectivity index is 1.94. The van der Waals surface area contributed by atoms with Gasteiger partial charge in [0.05, 0.1) is 17.6 Å². The van der Waals surface area contributed by atoms with E-state index in [1.54, 1.807) is 17.0 Å². The minimum absolute atomic E-state index is 0.0370. The molecule has 0 unspecified atom stereocenters. The maximum atomic E-state index is 12.9. The third kappa shape index (κ3) is 1.91. The summed E-state index contributed by atoms with van der Waals surface area (Å²) in [7, 11) is 0. The van der Waals surface area contributed by atoms with Gasteiger partial charge in [-0.2, -0.15) is 0 Å². The molecule has 4 nitrogen and oxygen atoms in total. The van der Waals surface area contributed by atoms with Gasteiger partial charge in [-0.05, 0) is 41.7 Å². The van der Waals surface area contributed by atoms with Crippen molar-refractivity contribution >= 4 is 29.2 Å². The summed E-state index contributed by atoms with van der Waals surface area (Å²) in [5, 5.41) is 12.0. The molecule has 0 bridgehead atoms. The highest BCUT2D eigenvalue weighted by atomic mass is 35.5. The normalized spacial score (nSPS) is 21.7. The quantitative estimate of drug-likeness (QED) is 0.809. The SMILES string of the molecule is C[C@H]1C[C@H]2c3cccc(C(=O)[O-])c3C(=O)N2c2ccc(Cl)cc21. The molecule has 2 heterocycles. The number of halogens is 1. The summed E-state index contributed by atoms with van der Waals surface area (Å²) in [6.45, 7) is 2.09. The number of fused-ring (bicyclic) bond motifs is 5. The maximum Gasteiger partial charge on any atom is 0.259 e. The van der Waals surface area contributed by atoms with Crippen molar-refractivity contribution in [2.45, 2.75) is 25.3 Å². The van der Waals surface area contributed by atoms with Crippen molar-refractivity contribution in [3.8, 4) is 0 Å². The second kappa shape index (κ2) is 4.83. The minimum Gasteiger partial charge on any atom is -0.545 e. The van der Waals surface area contributed by atoms with Crippen molar-refractivity contribution in [2.75, 3.05) is 4.90 Å². The number of aromatic carboxylic acids is 1. The molecule has 0 spiro atoms. The van der Waals surface area contributed by atoms with Crippen LogP contribution in [-0.4, -0.2) is 11.9 Å². The van der Waals surface area contributed by atoms with Crippen LogP contribution >= 0.6 is 11.6 Å². The van der Waals surface area contributed by atoms with E-state index in [4.69, 9.17) is 11.6 Å². The van der Waals surface area contributed by atoms with Crippen LogP contribution in [-0.2, 0) is 0 Å². The standard InChI is InChI=1S/C18H14ClNO3/c1-9-7-15-11-3-2-4-12(18(22)23)16(11)17(21)20(15)14-6-5-10(19)8-13(9)14/h2-6,8-9,15H,7H2,1H3,(H,22,23)/p-1/t9-,15-/m0/s1. The molecule has 0 saturated carbocycles. The number of anilines is 1. The van der Waals surface area contributed by atoms with Crippen LogP contribution in [0, 0.1) is 0 Å². The number of amides is 1. The van der Waals surface area contributed by atoms with E-state index in [0.717, 1.165) is 23.2 Å². The molecule has 0 aliphatic carbocycles. The predicted octanol–water partition coefficient (Wildman–Crippen LogP) is 2.91. The number of carbonyl (C=O) groups excluding carboxylic acids is 2. The lowest BCUT2D eigenvalue weighted by Gasteiger charge is -2.36. The van der Waals surface area contributed by atoms with Gasteiger partial charge in [0.15, 0.2) is 0 Å². The van der Waals surface area contributed by atoms with Gasteiger partial charge in [0.25, 0.3) is 5.91 Å². The Labute approximate surface area is 138 Å². The first kappa shape index (κ1) is 14.3. The van der Waals surface area contributed by atoms with Crippen molar-refractivity contribution < 1.29 is 14.7 Å². The first-order valence-corrected chi connectivity index (χ1v) is 7.84. The highest BCUT2D eigenvalue weighted by molar-refractivity contribution is 6.30. The molecule has 2 aliphatic rings. The van der Waals surface area contributed by atoms with Crippen molar-refractivity contribution in [1.82, 2.24) is 0 Å². The van der Waals surface area contributed by atoms with Crippen LogP contribution in [0.5, 0.6) is 0 Å². The van der Waals surface area contributed by atoms with Crippen molar-refractivity contribution in [2.24, 2.45) is 0 Å². The highest BCUT2D eigenvalue weighted by Crippen LogP contribution is 2.50. The van der Waals surface area contributed by atoms with Crippen molar-refractivity contribution in [1.29, 1.82) is 0 Å². The molecule has 0 aromatic heterocycles. The number of benzene rings is 2. The molecule has 4 rings (SSSR count). The van der Waals surface area contributed by atoms with E-state index in [-0.39, 0.29) is 29.0 Å². The molecule has 0 radical (unpaired) electrons. The molecular weight excluding hydrogens is 314 g/mol. The van der Waals surface area contributed by atoms with E-state index in [9.17, 15) is 14.7 Å². The zero-order chi connectivity index (χ0) is 16.3. The third-order valence-corrected chi connectivity index (χ3v) is 5.01. The summed E-state index contributed by atoms with van der Waals surface area (Å²) >= 11 is 6.09. The van der Waals surface area contributed by atoms with Crippen LogP contribution in [0.15, 0.2) is 36.4 Å². The van der Waals surface area contributed by atoms with E-state index in [2.05, 4.69) is 6.92 Å². The van der Waals surface area contributed by atoms with E-state index in [1.165, 1.54) is 6.07 Å². The minimum atomic E-state index is -1.32. The van der Waals surface area contributed by atoms with Gasteiger partial charge in [-0.3, -0.25) is 4.79 Å². The highest BCUT2D eigenvalue weighted by Gasteiger charge is 2.43. The number of hydrogen-bond acceptors (Lipinski definition) is 3. The van der Waals surface area contributed by atoms with E-state index in [0.29, 0.717) is 5.02 Å². The number of carboxylic acid groups (broad SMARTS) is 1. The third-order valence-electron chi connectivity index (χ3n) is 4.78. The summed E-state index contributed by atoms with van der Waals surface area (Å²) in [5.74, 6) is -1.37. The van der Waals surface area contributed by atoms with Gasteiger partial charge in [0.1, 0.15) is 0 Å². The average Bonchev–Trinajstić information content (AvgIpc) is 2.81. The van der Waals surface area contributed by atoms with Gasteiger partial charge in [-0.1, -0.05) is 36.7 Å². The molecule has 116 valence electrons. The molecular formula is C18H13ClNO3-. The van der Waals surface area contributed by atoms with Gasteiger partial charge < -0.3 is 14.8 Å². The van der Waals surface area contributed by atoms with Gasteiger partial charge >= 0.3 is 0 Å². The predicted molar refractivity (Wildman–Crippen MR) is 84.8 cm³/mol. The summed E-state index contributed by atoms with van der Waals surface area (Å²) in [4.78, 5) is 26.0. The largest absolute Gasteiger partial charge is 0.545 e. The molecule has 1 amide bonds. The smallest absolute Gasteiger partial charge is 0.259 e. The molecule has 0 fully saturated rings. The number of carboxylic acids is 1. The molecule has 0 saturated heterocycles. The Kier molecular flexibility index (Phi) is 3.00. The van der Waals surface area contributed by atoms with Crippen molar-refractivity contribution in [3.63, 3.8) is 0 Å². The van der Waals surface area contributed by atoms with Crippen LogP contribution < -0.4 is 10.0 Å². The first-order chi connectivity index (χ1) is 11.0. The van der Waals surface area contributed by atoms with E-state index < -0.39 is 5.97 Å². The molecule has 2 aromatic rings. The second-order valence-electron chi connectivity index (χ2n) is 6.09. The zero-order valence-corrected chi connectivity index (χ0v) is 13.1. The van der Waals surface area contributed by atoms with Crippen LogP contribution in [0.3, 0.4) is 0 Å². The Morgan fingerprint density at radius 1 is 1.26 bits per heavy atom. The van der Waals surface area contributed by atoms with Gasteiger partial charge in [-0.25, -0.2) is 0 Å². The molecule has 2 atom stereocenters. The van der Waals surface area contributed by atoms with Crippen LogP contribution in [0.25, 0.3) is 0 Å². The Hall–Kier alpha value is -2.33. The molecule has 5 heteroatoms. The zero-order valence-electron chi connectivity index (χ0n) is 12.4. The monoisotopic (exact) mass is 326 g/mol. The van der Waals surface area contributed by atoms with Gasteiger partial charge in [0.2, 0.25) is 0 Å². The first-order valence-electron chi connectivity index (χ1n) is 7.46. The van der Waals surface area contributed by atoms with E-state index in [1.807, 2.05) is 18.2 Å². The van der Waals surface area contributed by atoms with Crippen LogP contribution in [0.2, 0.25) is 5.02 Å². The van der Waals surface area contributed by atoms with E-state index >= 15 is 0 Å². The fraction of sp³-hybridized carbons (Fsp3) is 0.222. The lowest BCUT2D eigenvalue weighted by atomic mass is 9.85. The summed E-state index contributed by atoms with van der Waals surface area (Å²) < 4.78 is 0. The second-order valence-corrected chi connectivity index (χ2v) is 6.52. The van der Waals surface area contributed by atoms with Gasteiger partial charge in [0, 0.05) is 16.3 Å². The topological polar surface area (TPSA) is 60.4 Å². The average molecular weight is 327 g/mol. The lowest BCUT2D eigenvalue weighted by molar-refractivity contribution is -0.255. The van der Waals surface area contributed by atoms with Crippen molar-refractivity contribution in [3.05, 3.63) is 63.7 Å². The molecule has 2 aromatic carbocycles. The lowest BCUT2D eigenvalue weighted by Crippen LogP contribution is -2.33. The maximum absolute atomic E-state index is 12.9. The molecule has 2 aliphatic heterocycles. The number of rotatable bonds is 1. The molecule has 23 heavy (non-hydrogen) atoms. The van der Waals surface area contributed by atoms with Gasteiger partial charge in [-0.15, -0.1) is 0 Å².